The monoisotopic (exact) mass is 481 g/mol. The summed E-state index contributed by atoms with van der Waals surface area (Å²) in [6.45, 7) is 1.15. The number of hydrogen-bond acceptors (Lipinski definition) is 3. The smallest absolute Gasteiger partial charge is 0.357 e. The van der Waals surface area contributed by atoms with Crippen LogP contribution >= 0.6 is 45.2 Å². The summed E-state index contributed by atoms with van der Waals surface area (Å²) in [4.78, 5) is 16.8. The fourth-order valence-corrected chi connectivity index (χ4v) is 2.31. The maximum atomic E-state index is 13.0. The average molecular weight is 481 g/mol. The number of benzene rings is 1. The van der Waals surface area contributed by atoms with E-state index in [0.717, 1.165) is 21.0 Å². The first-order valence-electron chi connectivity index (χ1n) is 5.12. The van der Waals surface area contributed by atoms with Crippen molar-refractivity contribution in [2.75, 3.05) is 21.9 Å². The van der Waals surface area contributed by atoms with Crippen LogP contribution in [0.4, 0.5) is 8.78 Å². The van der Waals surface area contributed by atoms with Gasteiger partial charge >= 0.3 is 5.97 Å². The maximum absolute atomic E-state index is 13.0. The number of halogens is 4. The normalized spacial score (nSPS) is 10.7. The number of rotatable bonds is 6. The van der Waals surface area contributed by atoms with Crippen molar-refractivity contribution in [1.29, 1.82) is 0 Å². The number of nitrogens with zero attached hydrogens (tertiary/aromatic N) is 1. The lowest BCUT2D eigenvalue weighted by Gasteiger charge is -2.19. The molecular weight excluding hydrogens is 470 g/mol. The van der Waals surface area contributed by atoms with Gasteiger partial charge in [0.05, 0.1) is 5.56 Å². The summed E-state index contributed by atoms with van der Waals surface area (Å²) in [6.07, 6.45) is 0. The molecule has 1 aromatic rings. The first-order chi connectivity index (χ1) is 8.56. The summed E-state index contributed by atoms with van der Waals surface area (Å²) in [7, 11) is 0. The molecule has 0 atom stereocenters. The molecule has 0 saturated heterocycles. The lowest BCUT2D eigenvalue weighted by molar-refractivity contribution is -0.100. The topological polar surface area (TPSA) is 29.5 Å². The maximum Gasteiger partial charge on any atom is 0.357 e. The summed E-state index contributed by atoms with van der Waals surface area (Å²) < 4.78 is 27.5. The number of carbonyl (C=O) groups excluding carboxylic acids is 1. The third-order valence-corrected chi connectivity index (χ3v) is 2.94. The van der Waals surface area contributed by atoms with E-state index in [2.05, 4.69) is 45.2 Å². The standard InChI is InChI=1S/C11H11F2I2NO2/c12-9-5-8(6-10(13)7-9)11(17)18-16(3-1-14)4-2-15/h5-7H,1-4H2. The Hall–Kier alpha value is -0.0300. The molecule has 0 aliphatic rings. The fourth-order valence-electron chi connectivity index (χ4n) is 1.23. The molecule has 7 heteroatoms. The number of hydrogen-bond donors (Lipinski definition) is 0. The SMILES string of the molecule is O=C(ON(CCI)CCI)c1cc(F)cc(F)c1. The molecule has 100 valence electrons. The molecule has 18 heavy (non-hydrogen) atoms. The van der Waals surface area contributed by atoms with E-state index in [4.69, 9.17) is 4.84 Å². The van der Waals surface area contributed by atoms with Crippen molar-refractivity contribution in [2.45, 2.75) is 0 Å². The van der Waals surface area contributed by atoms with Crippen molar-refractivity contribution in [3.8, 4) is 0 Å². The van der Waals surface area contributed by atoms with E-state index in [1.165, 1.54) is 5.06 Å². The molecule has 0 unspecified atom stereocenters. The Bertz CT molecular complexity index is 392. The molecule has 0 aromatic heterocycles. The van der Waals surface area contributed by atoms with Crippen LogP contribution in [0.25, 0.3) is 0 Å². The third-order valence-electron chi connectivity index (χ3n) is 1.98. The van der Waals surface area contributed by atoms with Crippen LogP contribution in [0.15, 0.2) is 18.2 Å². The first-order valence-corrected chi connectivity index (χ1v) is 8.17. The van der Waals surface area contributed by atoms with Gasteiger partial charge in [0.1, 0.15) is 11.6 Å². The molecule has 0 fully saturated rings. The first kappa shape index (κ1) is 16.0. The number of hydroxylamine groups is 2. The molecule has 0 aliphatic heterocycles. The van der Waals surface area contributed by atoms with Crippen molar-refractivity contribution in [1.82, 2.24) is 5.06 Å². The van der Waals surface area contributed by atoms with Crippen LogP contribution in [0.3, 0.4) is 0 Å². The summed E-state index contributed by atoms with van der Waals surface area (Å²) >= 11 is 4.32. The largest absolute Gasteiger partial charge is 0.364 e. The van der Waals surface area contributed by atoms with E-state index in [0.29, 0.717) is 19.2 Å². The van der Waals surface area contributed by atoms with Gasteiger partial charge in [-0.25, -0.2) is 13.6 Å². The second kappa shape index (κ2) is 8.20. The van der Waals surface area contributed by atoms with Crippen LogP contribution in [0.5, 0.6) is 0 Å². The molecule has 1 rings (SSSR count). The van der Waals surface area contributed by atoms with E-state index in [-0.39, 0.29) is 5.56 Å². The Morgan fingerprint density at radius 1 is 1.11 bits per heavy atom. The Morgan fingerprint density at radius 3 is 2.06 bits per heavy atom. The Morgan fingerprint density at radius 2 is 1.61 bits per heavy atom. The van der Waals surface area contributed by atoms with Crippen molar-refractivity contribution >= 4 is 51.2 Å². The predicted molar refractivity (Wildman–Crippen MR) is 81.1 cm³/mol. The summed E-state index contributed by atoms with van der Waals surface area (Å²) in [5.74, 6) is -2.34. The van der Waals surface area contributed by atoms with Gasteiger partial charge in [0.25, 0.3) is 0 Å². The molecule has 0 aliphatic carbocycles. The highest BCUT2D eigenvalue weighted by Gasteiger charge is 2.15. The van der Waals surface area contributed by atoms with Gasteiger partial charge in [-0.15, -0.1) is 5.06 Å². The zero-order valence-corrected chi connectivity index (χ0v) is 13.7. The highest BCUT2D eigenvalue weighted by Crippen LogP contribution is 2.10. The molecule has 0 saturated carbocycles. The van der Waals surface area contributed by atoms with Crippen LogP contribution in [0.2, 0.25) is 0 Å². The zero-order chi connectivity index (χ0) is 13.5. The fraction of sp³-hybridized carbons (Fsp3) is 0.364. The van der Waals surface area contributed by atoms with Crippen molar-refractivity contribution < 1.29 is 18.4 Å². The van der Waals surface area contributed by atoms with Gasteiger partial charge in [-0.3, -0.25) is 0 Å². The summed E-state index contributed by atoms with van der Waals surface area (Å²) in [5.41, 5.74) is -0.126. The third kappa shape index (κ3) is 5.31. The van der Waals surface area contributed by atoms with Gasteiger partial charge in [0, 0.05) is 28.0 Å². The number of carbonyl (C=O) groups is 1. The lowest BCUT2D eigenvalue weighted by Crippen LogP contribution is -2.31. The second-order valence-electron chi connectivity index (χ2n) is 3.34. The van der Waals surface area contributed by atoms with Crippen molar-refractivity contribution in [2.24, 2.45) is 0 Å². The van der Waals surface area contributed by atoms with E-state index >= 15 is 0 Å². The van der Waals surface area contributed by atoms with E-state index in [1.54, 1.807) is 0 Å². The molecule has 3 nitrogen and oxygen atoms in total. The molecule has 0 spiro atoms. The zero-order valence-electron chi connectivity index (χ0n) is 9.34. The lowest BCUT2D eigenvalue weighted by atomic mass is 10.2. The summed E-state index contributed by atoms with van der Waals surface area (Å²) in [5, 5.41) is 1.49. The highest BCUT2D eigenvalue weighted by atomic mass is 127. The van der Waals surface area contributed by atoms with Crippen LogP contribution in [-0.2, 0) is 4.84 Å². The molecule has 0 bridgehead atoms. The Kier molecular flexibility index (Phi) is 7.30. The number of alkyl halides is 2. The van der Waals surface area contributed by atoms with Gasteiger partial charge in [0.2, 0.25) is 0 Å². The molecular formula is C11H11F2I2NO2. The van der Waals surface area contributed by atoms with Crippen molar-refractivity contribution in [3.05, 3.63) is 35.4 Å². The minimum atomic E-state index is -0.795. The minimum Gasteiger partial charge on any atom is -0.364 e. The van der Waals surface area contributed by atoms with Crippen LogP contribution in [-0.4, -0.2) is 33.0 Å². The minimum absolute atomic E-state index is 0.126. The van der Waals surface area contributed by atoms with Gasteiger partial charge in [-0.05, 0) is 12.1 Å². The van der Waals surface area contributed by atoms with Gasteiger partial charge < -0.3 is 4.84 Å². The van der Waals surface area contributed by atoms with E-state index in [1.807, 2.05) is 0 Å². The highest BCUT2D eigenvalue weighted by molar-refractivity contribution is 14.1. The quantitative estimate of drug-likeness (QED) is 0.356. The average Bonchev–Trinajstić information content (AvgIpc) is 2.28. The Balaban J connectivity index is 2.73. The van der Waals surface area contributed by atoms with Gasteiger partial charge in [-0.1, -0.05) is 45.2 Å². The molecule has 0 N–H and O–H groups in total. The van der Waals surface area contributed by atoms with Crippen LogP contribution in [0, 0.1) is 11.6 Å². The summed E-state index contributed by atoms with van der Waals surface area (Å²) in [6, 6.07) is 2.62. The predicted octanol–water partition coefficient (Wildman–Crippen LogP) is 3.21. The second-order valence-corrected chi connectivity index (χ2v) is 5.50. The molecule has 0 heterocycles. The van der Waals surface area contributed by atoms with Gasteiger partial charge in [-0.2, -0.15) is 0 Å². The molecule has 0 amide bonds. The molecule has 1 aromatic carbocycles. The van der Waals surface area contributed by atoms with Crippen molar-refractivity contribution in [3.63, 3.8) is 0 Å². The Labute approximate surface area is 131 Å². The van der Waals surface area contributed by atoms with Crippen LogP contribution < -0.4 is 0 Å². The van der Waals surface area contributed by atoms with Gasteiger partial charge in [0.15, 0.2) is 0 Å². The molecule has 0 radical (unpaired) electrons. The van der Waals surface area contributed by atoms with Crippen LogP contribution in [0.1, 0.15) is 10.4 Å². The van der Waals surface area contributed by atoms with E-state index in [9.17, 15) is 13.6 Å². The van der Waals surface area contributed by atoms with E-state index < -0.39 is 17.6 Å².